The zero-order valence-corrected chi connectivity index (χ0v) is 18.2. The number of benzene rings is 3. The number of aromatic amines is 1. The molecule has 9 heteroatoms. The number of sulfonamides is 1. The van der Waals surface area contributed by atoms with Crippen LogP contribution in [0, 0.1) is 13.8 Å². The Balaban J connectivity index is 1.66. The highest BCUT2D eigenvalue weighted by molar-refractivity contribution is 7.92. The van der Waals surface area contributed by atoms with Crippen LogP contribution in [0.25, 0.3) is 10.8 Å². The number of hydrogen-bond acceptors (Lipinski definition) is 5. The number of rotatable bonds is 5. The lowest BCUT2D eigenvalue weighted by Crippen LogP contribution is -2.20. The number of H-pyrrole nitrogens is 1. The predicted molar refractivity (Wildman–Crippen MR) is 123 cm³/mol. The minimum atomic E-state index is -3.89. The number of anilines is 2. The molecule has 0 fully saturated rings. The van der Waals surface area contributed by atoms with E-state index in [1.165, 1.54) is 6.07 Å². The third-order valence-corrected chi connectivity index (χ3v) is 6.44. The second-order valence-electron chi connectivity index (χ2n) is 7.36. The number of amides is 1. The van der Waals surface area contributed by atoms with Gasteiger partial charge in [-0.05, 0) is 55.3 Å². The van der Waals surface area contributed by atoms with Gasteiger partial charge in [0.1, 0.15) is 0 Å². The van der Waals surface area contributed by atoms with E-state index in [2.05, 4.69) is 20.2 Å². The Morgan fingerprint density at radius 3 is 2.41 bits per heavy atom. The lowest BCUT2D eigenvalue weighted by molar-refractivity contribution is 0.102. The van der Waals surface area contributed by atoms with Crippen LogP contribution in [0.5, 0.6) is 0 Å². The lowest BCUT2D eigenvalue weighted by atomic mass is 10.1. The van der Waals surface area contributed by atoms with Crippen molar-refractivity contribution in [1.82, 2.24) is 10.2 Å². The fraction of sp³-hybridized carbons (Fsp3) is 0.0870. The number of nitrogens with zero attached hydrogens (tertiary/aromatic N) is 1. The summed E-state index contributed by atoms with van der Waals surface area (Å²) >= 11 is 0. The smallest absolute Gasteiger partial charge is 0.276 e. The highest BCUT2D eigenvalue weighted by Crippen LogP contribution is 2.24. The number of aromatic nitrogens is 2. The van der Waals surface area contributed by atoms with Crippen LogP contribution in [0.3, 0.4) is 0 Å². The van der Waals surface area contributed by atoms with Crippen LogP contribution in [-0.2, 0) is 10.0 Å². The second-order valence-corrected chi connectivity index (χ2v) is 9.01. The summed E-state index contributed by atoms with van der Waals surface area (Å²) in [6, 6.07) is 18.2. The summed E-state index contributed by atoms with van der Waals surface area (Å²) in [5, 5.41) is 9.59. The van der Waals surface area contributed by atoms with Crippen molar-refractivity contribution in [3.8, 4) is 0 Å². The number of fused-ring (bicyclic) bond motifs is 1. The van der Waals surface area contributed by atoms with Gasteiger partial charge in [-0.3, -0.25) is 14.3 Å². The molecule has 0 saturated carbocycles. The van der Waals surface area contributed by atoms with Gasteiger partial charge in [-0.2, -0.15) is 5.10 Å². The molecule has 0 bridgehead atoms. The molecule has 0 radical (unpaired) electrons. The van der Waals surface area contributed by atoms with Gasteiger partial charge >= 0.3 is 0 Å². The molecule has 4 rings (SSSR count). The minimum Gasteiger partial charge on any atom is -0.321 e. The van der Waals surface area contributed by atoms with Gasteiger partial charge in [0.15, 0.2) is 5.69 Å². The number of carbonyl (C=O) groups excluding carboxylic acids is 1. The Kier molecular flexibility index (Phi) is 5.50. The number of hydrogen-bond donors (Lipinski definition) is 3. The molecular formula is C23H20N4O4S. The molecule has 1 heterocycles. The SMILES string of the molecule is Cc1cccc(NS(=O)(=O)c2cc(NC(=O)c3n[nH]c(=O)c4ccccc34)ccc2C)c1. The molecule has 0 aliphatic rings. The summed E-state index contributed by atoms with van der Waals surface area (Å²) in [5.74, 6) is -0.573. The average Bonchev–Trinajstić information content (AvgIpc) is 2.75. The van der Waals surface area contributed by atoms with Gasteiger partial charge < -0.3 is 5.32 Å². The van der Waals surface area contributed by atoms with E-state index in [-0.39, 0.29) is 16.3 Å². The van der Waals surface area contributed by atoms with Crippen molar-refractivity contribution in [2.45, 2.75) is 18.7 Å². The Morgan fingerprint density at radius 1 is 0.906 bits per heavy atom. The van der Waals surface area contributed by atoms with Gasteiger partial charge in [0, 0.05) is 16.8 Å². The first-order chi connectivity index (χ1) is 15.2. The van der Waals surface area contributed by atoms with Crippen molar-refractivity contribution in [3.05, 3.63) is 93.9 Å². The molecule has 0 atom stereocenters. The number of nitrogens with one attached hydrogen (secondary N) is 3. The zero-order valence-electron chi connectivity index (χ0n) is 17.3. The van der Waals surface area contributed by atoms with Gasteiger partial charge in [-0.25, -0.2) is 13.5 Å². The van der Waals surface area contributed by atoms with Crippen LogP contribution in [-0.4, -0.2) is 24.5 Å². The van der Waals surface area contributed by atoms with Crippen molar-refractivity contribution in [1.29, 1.82) is 0 Å². The molecule has 162 valence electrons. The summed E-state index contributed by atoms with van der Waals surface area (Å²) in [6.45, 7) is 3.54. The maximum atomic E-state index is 13.0. The summed E-state index contributed by atoms with van der Waals surface area (Å²) < 4.78 is 28.5. The highest BCUT2D eigenvalue weighted by atomic mass is 32.2. The molecule has 32 heavy (non-hydrogen) atoms. The van der Waals surface area contributed by atoms with Crippen molar-refractivity contribution >= 4 is 38.1 Å². The maximum Gasteiger partial charge on any atom is 0.276 e. The number of carbonyl (C=O) groups is 1. The standard InChI is InChI=1S/C23H20N4O4S/c1-14-6-5-7-17(12-14)27-32(30,31)20-13-16(11-10-15(20)2)24-23(29)21-18-8-3-4-9-19(18)22(28)26-25-21/h3-13,27H,1-2H3,(H,24,29)(H,26,28). The van der Waals surface area contributed by atoms with E-state index in [0.29, 0.717) is 22.0 Å². The van der Waals surface area contributed by atoms with Gasteiger partial charge in [0.25, 0.3) is 21.5 Å². The molecule has 0 aliphatic heterocycles. The molecule has 0 spiro atoms. The average molecular weight is 449 g/mol. The first-order valence-electron chi connectivity index (χ1n) is 9.73. The van der Waals surface area contributed by atoms with Gasteiger partial charge in [-0.15, -0.1) is 0 Å². The molecule has 1 aromatic heterocycles. The van der Waals surface area contributed by atoms with E-state index < -0.39 is 21.5 Å². The van der Waals surface area contributed by atoms with E-state index >= 15 is 0 Å². The van der Waals surface area contributed by atoms with Gasteiger partial charge in [0.05, 0.1) is 10.3 Å². The van der Waals surface area contributed by atoms with Crippen molar-refractivity contribution in [3.63, 3.8) is 0 Å². The zero-order chi connectivity index (χ0) is 22.9. The summed E-state index contributed by atoms with van der Waals surface area (Å²) in [4.78, 5) is 24.8. The molecule has 3 aromatic carbocycles. The molecule has 8 nitrogen and oxygen atoms in total. The predicted octanol–water partition coefficient (Wildman–Crippen LogP) is 3.59. The molecule has 0 unspecified atom stereocenters. The Labute approximate surface area is 184 Å². The van der Waals surface area contributed by atoms with Gasteiger partial charge in [0.2, 0.25) is 0 Å². The lowest BCUT2D eigenvalue weighted by Gasteiger charge is -2.13. The first kappa shape index (κ1) is 21.3. The largest absolute Gasteiger partial charge is 0.321 e. The van der Waals surface area contributed by atoms with E-state index in [1.807, 2.05) is 13.0 Å². The van der Waals surface area contributed by atoms with Gasteiger partial charge in [-0.1, -0.05) is 36.4 Å². The van der Waals surface area contributed by atoms with Crippen LogP contribution in [0.4, 0.5) is 11.4 Å². The van der Waals surface area contributed by atoms with E-state index in [4.69, 9.17) is 0 Å². The maximum absolute atomic E-state index is 13.0. The first-order valence-corrected chi connectivity index (χ1v) is 11.2. The topological polar surface area (TPSA) is 121 Å². The van der Waals surface area contributed by atoms with E-state index in [9.17, 15) is 18.0 Å². The molecule has 0 saturated heterocycles. The molecule has 1 amide bonds. The van der Waals surface area contributed by atoms with Crippen molar-refractivity contribution in [2.75, 3.05) is 10.0 Å². The molecule has 3 N–H and O–H groups in total. The highest BCUT2D eigenvalue weighted by Gasteiger charge is 2.20. The fourth-order valence-corrected chi connectivity index (χ4v) is 4.69. The second kappa shape index (κ2) is 8.27. The van der Waals surface area contributed by atoms with Crippen LogP contribution in [0.2, 0.25) is 0 Å². The van der Waals surface area contributed by atoms with Crippen LogP contribution < -0.4 is 15.6 Å². The molecule has 4 aromatic rings. The quantitative estimate of drug-likeness (QED) is 0.431. The number of aryl methyl sites for hydroxylation is 2. The molecule has 0 aliphatic carbocycles. The summed E-state index contributed by atoms with van der Waals surface area (Å²) in [7, 11) is -3.89. The fourth-order valence-electron chi connectivity index (χ4n) is 3.36. The monoisotopic (exact) mass is 448 g/mol. The van der Waals surface area contributed by atoms with Crippen LogP contribution in [0.15, 0.2) is 76.4 Å². The normalized spacial score (nSPS) is 11.3. The third-order valence-electron chi connectivity index (χ3n) is 4.92. The minimum absolute atomic E-state index is 0.0306. The summed E-state index contributed by atoms with van der Waals surface area (Å²) in [5.41, 5.74) is 1.80. The van der Waals surface area contributed by atoms with Crippen molar-refractivity contribution in [2.24, 2.45) is 0 Å². The third kappa shape index (κ3) is 4.23. The van der Waals surface area contributed by atoms with Crippen LogP contribution in [0.1, 0.15) is 21.6 Å². The Bertz CT molecular complexity index is 1510. The van der Waals surface area contributed by atoms with Crippen LogP contribution >= 0.6 is 0 Å². The van der Waals surface area contributed by atoms with Crippen molar-refractivity contribution < 1.29 is 13.2 Å². The molecular weight excluding hydrogens is 428 g/mol. The van der Waals surface area contributed by atoms with E-state index in [1.54, 1.807) is 61.5 Å². The summed E-state index contributed by atoms with van der Waals surface area (Å²) in [6.07, 6.45) is 0. The Morgan fingerprint density at radius 2 is 1.66 bits per heavy atom. The Hall–Kier alpha value is -3.98. The van der Waals surface area contributed by atoms with E-state index in [0.717, 1.165) is 5.56 Å².